The normalized spacial score (nSPS) is 12.8. The molecule has 0 amide bonds. The van der Waals surface area contributed by atoms with Crippen LogP contribution in [0, 0.1) is 10.1 Å². The fourth-order valence-corrected chi connectivity index (χ4v) is 3.25. The Morgan fingerprint density at radius 2 is 1.76 bits per heavy atom. The van der Waals surface area contributed by atoms with E-state index in [0.717, 1.165) is 0 Å². The van der Waals surface area contributed by atoms with Crippen LogP contribution in [-0.2, 0) is 9.84 Å². The number of non-ortho nitro benzene ring substituents is 1. The maximum absolute atomic E-state index is 12.1. The maximum atomic E-state index is 12.1. The Kier molecular flexibility index (Phi) is 4.35. The number of benzene rings is 2. The fraction of sp³-hybridized carbons (Fsp3) is 0.143. The molecular weight excluding hydrogens is 294 g/mol. The first-order valence-electron chi connectivity index (χ1n) is 6.10. The second-order valence-electron chi connectivity index (χ2n) is 4.46. The molecule has 2 aromatic carbocycles. The summed E-state index contributed by atoms with van der Waals surface area (Å²) in [7, 11) is -3.66. The fourth-order valence-electron chi connectivity index (χ4n) is 1.87. The summed E-state index contributed by atoms with van der Waals surface area (Å²) in [5.74, 6) is -0.530. The van der Waals surface area contributed by atoms with Gasteiger partial charge in [-0.25, -0.2) is 8.42 Å². The number of hydrogen-bond acceptors (Lipinski definition) is 5. The van der Waals surface area contributed by atoms with Crippen molar-refractivity contribution in [3.05, 3.63) is 70.3 Å². The van der Waals surface area contributed by atoms with Gasteiger partial charge < -0.3 is 5.11 Å². The lowest BCUT2D eigenvalue weighted by Gasteiger charge is -2.11. The second kappa shape index (κ2) is 6.02. The van der Waals surface area contributed by atoms with E-state index >= 15 is 0 Å². The maximum Gasteiger partial charge on any atom is 0.269 e. The molecule has 0 aliphatic rings. The van der Waals surface area contributed by atoms with E-state index in [2.05, 4.69) is 0 Å². The molecule has 0 aliphatic heterocycles. The lowest BCUT2D eigenvalue weighted by molar-refractivity contribution is -0.385. The highest BCUT2D eigenvalue weighted by Crippen LogP contribution is 2.23. The van der Waals surface area contributed by atoms with Gasteiger partial charge in [0.25, 0.3) is 5.69 Å². The standard InChI is InChI=1S/C14H13NO5S/c16-14(11-5-4-6-12(9-11)15(17)18)10-21(19,20)13-7-2-1-3-8-13/h1-9,14,16H,10H2/t14-/m0/s1. The Labute approximate surface area is 121 Å². The highest BCUT2D eigenvalue weighted by atomic mass is 32.2. The number of nitrogens with zero attached hydrogens (tertiary/aromatic N) is 1. The summed E-state index contributed by atoms with van der Waals surface area (Å²) in [6.45, 7) is 0. The number of aliphatic hydroxyl groups is 1. The molecule has 0 unspecified atom stereocenters. The highest BCUT2D eigenvalue weighted by Gasteiger charge is 2.21. The Morgan fingerprint density at radius 1 is 1.10 bits per heavy atom. The van der Waals surface area contributed by atoms with Gasteiger partial charge in [0.05, 0.1) is 21.7 Å². The van der Waals surface area contributed by atoms with Crippen LogP contribution in [0.3, 0.4) is 0 Å². The molecule has 7 heteroatoms. The minimum atomic E-state index is -3.66. The second-order valence-corrected chi connectivity index (χ2v) is 6.50. The summed E-state index contributed by atoms with van der Waals surface area (Å²) in [6.07, 6.45) is -1.32. The number of nitro groups is 1. The summed E-state index contributed by atoms with van der Waals surface area (Å²) in [5.41, 5.74) is 0.00682. The molecule has 0 aliphatic carbocycles. The van der Waals surface area contributed by atoms with Crippen LogP contribution >= 0.6 is 0 Å². The molecule has 0 heterocycles. The van der Waals surface area contributed by atoms with Crippen LogP contribution < -0.4 is 0 Å². The number of hydrogen-bond donors (Lipinski definition) is 1. The quantitative estimate of drug-likeness (QED) is 0.674. The van der Waals surface area contributed by atoms with E-state index in [1.807, 2.05) is 0 Å². The molecule has 2 rings (SSSR count). The van der Waals surface area contributed by atoms with Crippen molar-refractivity contribution in [1.82, 2.24) is 0 Å². The number of rotatable bonds is 5. The van der Waals surface area contributed by atoms with Crippen LogP contribution in [0.15, 0.2) is 59.5 Å². The van der Waals surface area contributed by atoms with Crippen LogP contribution in [0.25, 0.3) is 0 Å². The topological polar surface area (TPSA) is 97.5 Å². The van der Waals surface area contributed by atoms with E-state index in [9.17, 15) is 23.6 Å². The first-order valence-corrected chi connectivity index (χ1v) is 7.75. The highest BCUT2D eigenvalue weighted by molar-refractivity contribution is 7.91. The average Bonchev–Trinajstić information content (AvgIpc) is 2.48. The smallest absolute Gasteiger partial charge is 0.269 e. The van der Waals surface area contributed by atoms with Crippen LogP contribution in [0.5, 0.6) is 0 Å². The van der Waals surface area contributed by atoms with Crippen LogP contribution in [-0.4, -0.2) is 24.2 Å². The van der Waals surface area contributed by atoms with Crippen LogP contribution in [0.1, 0.15) is 11.7 Å². The molecule has 0 fully saturated rings. The zero-order valence-corrected chi connectivity index (χ0v) is 11.7. The largest absolute Gasteiger partial charge is 0.387 e. The summed E-state index contributed by atoms with van der Waals surface area (Å²) >= 11 is 0. The van der Waals surface area contributed by atoms with E-state index in [1.54, 1.807) is 18.2 Å². The Balaban J connectivity index is 2.24. The molecule has 21 heavy (non-hydrogen) atoms. The van der Waals surface area contributed by atoms with Gasteiger partial charge in [0.15, 0.2) is 9.84 Å². The van der Waals surface area contributed by atoms with E-state index in [0.29, 0.717) is 0 Å². The lowest BCUT2D eigenvalue weighted by Crippen LogP contribution is -2.14. The summed E-state index contributed by atoms with van der Waals surface area (Å²) in [4.78, 5) is 10.2. The average molecular weight is 307 g/mol. The molecular formula is C14H13NO5S. The summed E-state index contributed by atoms with van der Waals surface area (Å²) in [5, 5.41) is 20.7. The summed E-state index contributed by atoms with van der Waals surface area (Å²) < 4.78 is 24.3. The minimum Gasteiger partial charge on any atom is -0.387 e. The van der Waals surface area contributed by atoms with Crippen LogP contribution in [0.2, 0.25) is 0 Å². The lowest BCUT2D eigenvalue weighted by atomic mass is 10.1. The van der Waals surface area contributed by atoms with Crippen molar-refractivity contribution < 1.29 is 18.4 Å². The molecule has 0 spiro atoms. The molecule has 0 radical (unpaired) electrons. The molecule has 2 aromatic rings. The minimum absolute atomic E-state index is 0.106. The van der Waals surface area contributed by atoms with Crippen molar-refractivity contribution >= 4 is 15.5 Å². The van der Waals surface area contributed by atoms with Gasteiger partial charge in [0.1, 0.15) is 0 Å². The first kappa shape index (κ1) is 15.1. The Morgan fingerprint density at radius 3 is 2.38 bits per heavy atom. The van der Waals surface area contributed by atoms with Gasteiger partial charge in [-0.2, -0.15) is 0 Å². The van der Waals surface area contributed by atoms with Crippen molar-refractivity contribution in [2.75, 3.05) is 5.75 Å². The third-order valence-electron chi connectivity index (χ3n) is 2.95. The van der Waals surface area contributed by atoms with Crippen molar-refractivity contribution in [3.8, 4) is 0 Å². The monoisotopic (exact) mass is 307 g/mol. The molecule has 0 saturated carbocycles. The van der Waals surface area contributed by atoms with Crippen molar-refractivity contribution in [2.24, 2.45) is 0 Å². The van der Waals surface area contributed by atoms with Gasteiger partial charge in [-0.3, -0.25) is 10.1 Å². The molecule has 0 saturated heterocycles. The third-order valence-corrected chi connectivity index (χ3v) is 4.69. The van der Waals surface area contributed by atoms with Gasteiger partial charge in [-0.1, -0.05) is 30.3 Å². The molecule has 1 N–H and O–H groups in total. The predicted molar refractivity (Wildman–Crippen MR) is 76.6 cm³/mol. The molecule has 110 valence electrons. The predicted octanol–water partition coefficient (Wildman–Crippen LogP) is 2.10. The molecule has 1 atom stereocenters. The number of aliphatic hydroxyl groups excluding tert-OH is 1. The van der Waals surface area contributed by atoms with Gasteiger partial charge in [-0.15, -0.1) is 0 Å². The SMILES string of the molecule is O=[N+]([O-])c1cccc([C@@H](O)CS(=O)(=O)c2ccccc2)c1. The summed E-state index contributed by atoms with van der Waals surface area (Å²) in [6, 6.07) is 13.1. The van der Waals surface area contributed by atoms with Crippen molar-refractivity contribution in [2.45, 2.75) is 11.0 Å². The molecule has 0 bridgehead atoms. The van der Waals surface area contributed by atoms with Gasteiger partial charge >= 0.3 is 0 Å². The Bertz CT molecular complexity index is 743. The third kappa shape index (κ3) is 3.65. The zero-order valence-electron chi connectivity index (χ0n) is 10.9. The first-order chi connectivity index (χ1) is 9.90. The van der Waals surface area contributed by atoms with Crippen molar-refractivity contribution in [1.29, 1.82) is 0 Å². The van der Waals surface area contributed by atoms with Gasteiger partial charge in [0, 0.05) is 12.1 Å². The van der Waals surface area contributed by atoms with E-state index in [1.165, 1.54) is 36.4 Å². The number of nitro benzene ring substituents is 1. The number of sulfone groups is 1. The van der Waals surface area contributed by atoms with E-state index < -0.39 is 26.6 Å². The Hall–Kier alpha value is -2.25. The van der Waals surface area contributed by atoms with E-state index in [4.69, 9.17) is 0 Å². The van der Waals surface area contributed by atoms with Gasteiger partial charge in [0.2, 0.25) is 0 Å². The van der Waals surface area contributed by atoms with Gasteiger partial charge in [-0.05, 0) is 17.7 Å². The van der Waals surface area contributed by atoms with Crippen LogP contribution in [0.4, 0.5) is 5.69 Å². The zero-order chi connectivity index (χ0) is 15.5. The molecule has 6 nitrogen and oxygen atoms in total. The van der Waals surface area contributed by atoms with E-state index in [-0.39, 0.29) is 16.1 Å². The van der Waals surface area contributed by atoms with Crippen molar-refractivity contribution in [3.63, 3.8) is 0 Å². The molecule has 0 aromatic heterocycles.